The van der Waals surface area contributed by atoms with E-state index < -0.39 is 9.28 Å². The van der Waals surface area contributed by atoms with E-state index in [0.717, 1.165) is 32.1 Å². The summed E-state index contributed by atoms with van der Waals surface area (Å²) in [4.78, 5) is 10.6. The van der Waals surface area contributed by atoms with Crippen LogP contribution in [0.25, 0.3) is 0 Å². The van der Waals surface area contributed by atoms with Gasteiger partial charge in [-0.15, -0.1) is 0 Å². The first-order valence-corrected chi connectivity index (χ1v) is 7.33. The zero-order valence-corrected chi connectivity index (χ0v) is 11.1. The Labute approximate surface area is 93.8 Å². The van der Waals surface area contributed by atoms with Gasteiger partial charge in [0.1, 0.15) is 0 Å². The van der Waals surface area contributed by atoms with Crippen LogP contribution in [0.5, 0.6) is 0 Å². The van der Waals surface area contributed by atoms with Crippen molar-refractivity contribution < 1.29 is 18.4 Å². The zero-order chi connectivity index (χ0) is 11.5. The van der Waals surface area contributed by atoms with Gasteiger partial charge in [-0.1, -0.05) is 13.8 Å². The fourth-order valence-corrected chi connectivity index (χ4v) is 2.75. The minimum absolute atomic E-state index is 0.242. The van der Waals surface area contributed by atoms with Gasteiger partial charge in [-0.3, -0.25) is 4.79 Å². The molecule has 0 N–H and O–H groups in total. The van der Waals surface area contributed by atoms with Gasteiger partial charge in [-0.05, 0) is 12.8 Å². The summed E-state index contributed by atoms with van der Waals surface area (Å²) in [5.41, 5.74) is 0. The number of carbonyl (C=O) groups excluding carboxylic acids is 1. The molecule has 0 aromatic carbocycles. The van der Waals surface area contributed by atoms with Crippen LogP contribution in [0.1, 0.15) is 33.6 Å². The number of hydrogen-bond acceptors (Lipinski definition) is 4. The lowest BCUT2D eigenvalue weighted by atomic mass is 10.5. The van der Waals surface area contributed by atoms with E-state index in [0.29, 0.717) is 6.61 Å². The Balaban J connectivity index is 3.63. The van der Waals surface area contributed by atoms with E-state index in [2.05, 4.69) is 13.8 Å². The second-order valence-electron chi connectivity index (χ2n) is 3.30. The number of ether oxygens (including phenoxy) is 1. The highest BCUT2D eigenvalue weighted by molar-refractivity contribution is 6.44. The highest BCUT2D eigenvalue weighted by Gasteiger charge is 2.13. The average molecular weight is 234 g/mol. The highest BCUT2D eigenvalue weighted by atomic mass is 28.3. The molecule has 90 valence electrons. The van der Waals surface area contributed by atoms with Gasteiger partial charge >= 0.3 is 15.3 Å². The minimum atomic E-state index is -1.61. The maximum Gasteiger partial charge on any atom is 0.324 e. The van der Waals surface area contributed by atoms with Crippen molar-refractivity contribution in [3.63, 3.8) is 0 Å². The van der Waals surface area contributed by atoms with Crippen LogP contribution in [0.2, 0.25) is 6.04 Å². The summed E-state index contributed by atoms with van der Waals surface area (Å²) < 4.78 is 16.1. The second kappa shape index (κ2) is 10.1. The normalized spacial score (nSPS) is 10.7. The van der Waals surface area contributed by atoms with Gasteiger partial charge in [0.15, 0.2) is 0 Å². The molecule has 4 nitrogen and oxygen atoms in total. The van der Waals surface area contributed by atoms with E-state index in [9.17, 15) is 4.79 Å². The van der Waals surface area contributed by atoms with Crippen molar-refractivity contribution in [2.45, 2.75) is 39.7 Å². The van der Waals surface area contributed by atoms with Gasteiger partial charge in [0.05, 0.1) is 6.61 Å². The molecule has 0 spiro atoms. The third-order valence-electron chi connectivity index (χ3n) is 1.67. The van der Waals surface area contributed by atoms with Crippen molar-refractivity contribution in [3.8, 4) is 0 Å². The summed E-state index contributed by atoms with van der Waals surface area (Å²) in [6.45, 7) is 7.44. The Hall–Kier alpha value is -0.393. The third-order valence-corrected chi connectivity index (χ3v) is 3.60. The molecule has 0 bridgehead atoms. The summed E-state index contributed by atoms with van der Waals surface area (Å²) in [6, 6.07) is 0.736. The van der Waals surface area contributed by atoms with Crippen LogP contribution in [-0.2, 0) is 18.4 Å². The largest absolute Gasteiger partial charge is 0.466 e. The molecule has 0 atom stereocenters. The smallest absolute Gasteiger partial charge is 0.324 e. The number of carbonyl (C=O) groups is 1. The van der Waals surface area contributed by atoms with Gasteiger partial charge < -0.3 is 13.6 Å². The molecule has 0 aromatic heterocycles. The lowest BCUT2D eigenvalue weighted by Gasteiger charge is -2.15. The molecule has 0 amide bonds. The Kier molecular flexibility index (Phi) is 9.87. The quantitative estimate of drug-likeness (QED) is 0.449. The molecule has 0 saturated heterocycles. The Bertz CT molecular complexity index is 156. The van der Waals surface area contributed by atoms with Gasteiger partial charge in [0, 0.05) is 26.2 Å². The van der Waals surface area contributed by atoms with Gasteiger partial charge in [-0.2, -0.15) is 0 Å². The topological polar surface area (TPSA) is 44.8 Å². The lowest BCUT2D eigenvalue weighted by molar-refractivity contribution is -0.140. The molecule has 0 aromatic rings. The summed E-state index contributed by atoms with van der Waals surface area (Å²) in [7, 11) is -1.61. The SMILES string of the molecule is CCCO[SiH](CCOC(C)=O)OCCC. The third kappa shape index (κ3) is 9.90. The Morgan fingerprint density at radius 3 is 2.00 bits per heavy atom. The van der Waals surface area contributed by atoms with Crippen molar-refractivity contribution in [1.82, 2.24) is 0 Å². The van der Waals surface area contributed by atoms with Crippen molar-refractivity contribution in [2.24, 2.45) is 0 Å². The van der Waals surface area contributed by atoms with Gasteiger partial charge in [0.25, 0.3) is 0 Å². The molecule has 0 saturated carbocycles. The molecule has 5 heteroatoms. The molecular formula is C10H22O4Si. The summed E-state index contributed by atoms with van der Waals surface area (Å²) in [6.07, 6.45) is 1.99. The van der Waals surface area contributed by atoms with Crippen LogP contribution in [0.4, 0.5) is 0 Å². The zero-order valence-electron chi connectivity index (χ0n) is 9.95. The molecule has 0 rings (SSSR count). The molecule has 0 radical (unpaired) electrons. The van der Waals surface area contributed by atoms with Crippen LogP contribution in [0.3, 0.4) is 0 Å². The molecular weight excluding hydrogens is 212 g/mol. The molecule has 0 aliphatic heterocycles. The fraction of sp³-hybridized carbons (Fsp3) is 0.900. The molecule has 0 heterocycles. The van der Waals surface area contributed by atoms with E-state index in [4.69, 9.17) is 13.6 Å². The van der Waals surface area contributed by atoms with Crippen molar-refractivity contribution in [3.05, 3.63) is 0 Å². The first kappa shape index (κ1) is 14.6. The average Bonchev–Trinajstić information content (AvgIpc) is 2.20. The molecule has 15 heavy (non-hydrogen) atoms. The molecule has 0 aliphatic rings. The lowest BCUT2D eigenvalue weighted by Crippen LogP contribution is -2.25. The van der Waals surface area contributed by atoms with Gasteiger partial charge in [-0.25, -0.2) is 0 Å². The van der Waals surface area contributed by atoms with E-state index in [-0.39, 0.29) is 5.97 Å². The van der Waals surface area contributed by atoms with Crippen LogP contribution >= 0.6 is 0 Å². The van der Waals surface area contributed by atoms with Crippen molar-refractivity contribution in [1.29, 1.82) is 0 Å². The summed E-state index contributed by atoms with van der Waals surface area (Å²) >= 11 is 0. The van der Waals surface area contributed by atoms with E-state index in [1.54, 1.807) is 0 Å². The summed E-state index contributed by atoms with van der Waals surface area (Å²) in [5.74, 6) is -0.242. The molecule has 0 unspecified atom stereocenters. The molecule has 0 aliphatic carbocycles. The van der Waals surface area contributed by atoms with E-state index in [1.165, 1.54) is 6.92 Å². The standard InChI is InChI=1S/C10H22O4Si/c1-4-6-13-15(14-7-5-2)9-8-12-10(3)11/h15H,4-9H2,1-3H3. The van der Waals surface area contributed by atoms with Crippen LogP contribution in [-0.4, -0.2) is 35.1 Å². The molecule has 0 fully saturated rings. The van der Waals surface area contributed by atoms with Crippen molar-refractivity contribution >= 4 is 15.3 Å². The maximum atomic E-state index is 10.6. The van der Waals surface area contributed by atoms with Crippen LogP contribution in [0, 0.1) is 0 Å². The summed E-state index contributed by atoms with van der Waals surface area (Å²) in [5, 5.41) is 0. The Morgan fingerprint density at radius 1 is 1.07 bits per heavy atom. The first-order chi connectivity index (χ1) is 7.20. The maximum absolute atomic E-state index is 10.6. The van der Waals surface area contributed by atoms with Crippen LogP contribution in [0.15, 0.2) is 0 Å². The number of hydrogen-bond donors (Lipinski definition) is 0. The predicted molar refractivity (Wildman–Crippen MR) is 61.1 cm³/mol. The van der Waals surface area contributed by atoms with Crippen LogP contribution < -0.4 is 0 Å². The fourth-order valence-electron chi connectivity index (χ4n) is 1.01. The van der Waals surface area contributed by atoms with E-state index in [1.807, 2.05) is 0 Å². The van der Waals surface area contributed by atoms with Gasteiger partial charge in [0.2, 0.25) is 0 Å². The minimum Gasteiger partial charge on any atom is -0.466 e. The highest BCUT2D eigenvalue weighted by Crippen LogP contribution is 2.00. The second-order valence-corrected chi connectivity index (χ2v) is 5.40. The van der Waals surface area contributed by atoms with E-state index >= 15 is 0 Å². The van der Waals surface area contributed by atoms with Crippen molar-refractivity contribution in [2.75, 3.05) is 19.8 Å². The monoisotopic (exact) mass is 234 g/mol. The predicted octanol–water partition coefficient (Wildman–Crippen LogP) is 1.62. The first-order valence-electron chi connectivity index (χ1n) is 5.57. The Morgan fingerprint density at radius 2 is 1.60 bits per heavy atom. The number of rotatable bonds is 9. The number of esters is 1.